The van der Waals surface area contributed by atoms with Crippen molar-refractivity contribution in [3.63, 3.8) is 0 Å². The number of rotatable bonds is 4. The van der Waals surface area contributed by atoms with Crippen LogP contribution in [-0.4, -0.2) is 29.9 Å². The fraction of sp³-hybridized carbons (Fsp3) is 0.200. The molecular weight excluding hydrogens is 352 g/mol. The average molecular weight is 363 g/mol. The quantitative estimate of drug-likeness (QED) is 0.714. The number of aromatic amines is 1. The molecule has 1 fully saturated rings. The van der Waals surface area contributed by atoms with Crippen molar-refractivity contribution in [2.75, 3.05) is 0 Å². The molecule has 1 saturated carbocycles. The monoisotopic (exact) mass is 362 g/mol. The van der Waals surface area contributed by atoms with Gasteiger partial charge in [0.15, 0.2) is 4.90 Å². The summed E-state index contributed by atoms with van der Waals surface area (Å²) >= 11 is 5.24. The molecule has 9 heteroatoms. The van der Waals surface area contributed by atoms with E-state index in [1.165, 1.54) is 6.33 Å². The van der Waals surface area contributed by atoms with Crippen LogP contribution in [0.3, 0.4) is 0 Å². The van der Waals surface area contributed by atoms with Gasteiger partial charge in [-0.1, -0.05) is 16.8 Å². The molecule has 24 heavy (non-hydrogen) atoms. The molecular formula is C15H11ClN4O3S. The Kier molecular flexibility index (Phi) is 3.87. The van der Waals surface area contributed by atoms with Gasteiger partial charge in [-0.15, -0.1) is 0 Å². The van der Waals surface area contributed by atoms with Crippen LogP contribution in [0, 0.1) is 0 Å². The summed E-state index contributed by atoms with van der Waals surface area (Å²) in [6.07, 6.45) is 3.33. The Bertz CT molecular complexity index is 954. The van der Waals surface area contributed by atoms with E-state index in [0.29, 0.717) is 21.3 Å². The minimum atomic E-state index is -1.06. The number of nitrogens with zero attached hydrogens (tertiary/aromatic N) is 3. The predicted molar refractivity (Wildman–Crippen MR) is 88.0 cm³/mol. The zero-order chi connectivity index (χ0) is 16.7. The summed E-state index contributed by atoms with van der Waals surface area (Å²) < 4.78 is 16.7. The Morgan fingerprint density at radius 3 is 2.71 bits per heavy atom. The summed E-state index contributed by atoms with van der Waals surface area (Å²) in [6.45, 7) is 0. The molecule has 1 aliphatic rings. The molecule has 122 valence electrons. The van der Waals surface area contributed by atoms with E-state index in [1.807, 2.05) is 6.07 Å². The number of nitrogens with one attached hydrogen (secondary N) is 1. The van der Waals surface area contributed by atoms with Crippen LogP contribution in [0.15, 0.2) is 44.8 Å². The van der Waals surface area contributed by atoms with Gasteiger partial charge in [-0.3, -0.25) is 9.51 Å². The molecule has 0 saturated heterocycles. The molecule has 1 N–H and O–H groups in total. The van der Waals surface area contributed by atoms with Crippen LogP contribution in [0.4, 0.5) is 0 Å². The molecule has 4 rings (SSSR count). The summed E-state index contributed by atoms with van der Waals surface area (Å²) in [7, 11) is 0. The lowest BCUT2D eigenvalue weighted by Gasteiger charge is -2.11. The molecule has 1 aliphatic carbocycles. The van der Waals surface area contributed by atoms with Crippen molar-refractivity contribution in [1.82, 2.24) is 20.1 Å². The zero-order valence-electron chi connectivity index (χ0n) is 12.2. The first kappa shape index (κ1) is 15.4. The second-order valence-electron chi connectivity index (χ2n) is 5.37. The van der Waals surface area contributed by atoms with Gasteiger partial charge < -0.3 is 4.55 Å². The van der Waals surface area contributed by atoms with Gasteiger partial charge in [0.25, 0.3) is 0 Å². The highest BCUT2D eigenvalue weighted by Crippen LogP contribution is 2.37. The minimum absolute atomic E-state index is 0.223. The molecule has 0 bridgehead atoms. The van der Waals surface area contributed by atoms with E-state index < -0.39 is 16.9 Å². The van der Waals surface area contributed by atoms with Crippen molar-refractivity contribution >= 4 is 22.8 Å². The standard InChI is InChI=1S/C15H11ClN4O3S/c16-10-5-8(1-4-13(10)24(22)9-2-3-9)11-6-12(18-7-17-11)14-19-15(21)23-20-14/h1,4-7,9H,2-3H2,(H,19,20,21). The highest BCUT2D eigenvalue weighted by atomic mass is 35.5. The Morgan fingerprint density at radius 2 is 2.04 bits per heavy atom. The Morgan fingerprint density at radius 1 is 1.25 bits per heavy atom. The third-order valence-electron chi connectivity index (χ3n) is 3.62. The highest BCUT2D eigenvalue weighted by Gasteiger charge is 2.36. The third kappa shape index (κ3) is 2.95. The van der Waals surface area contributed by atoms with Gasteiger partial charge >= 0.3 is 5.76 Å². The maximum absolute atomic E-state index is 12.3. The van der Waals surface area contributed by atoms with Crippen LogP contribution in [0.25, 0.3) is 22.8 Å². The van der Waals surface area contributed by atoms with E-state index in [0.717, 1.165) is 18.4 Å². The molecule has 1 aromatic carbocycles. The van der Waals surface area contributed by atoms with Crippen molar-refractivity contribution in [3.8, 4) is 22.8 Å². The summed E-state index contributed by atoms with van der Waals surface area (Å²) in [5.74, 6) is -0.429. The second kappa shape index (κ2) is 6.04. The van der Waals surface area contributed by atoms with Crippen molar-refractivity contribution in [2.45, 2.75) is 23.0 Å². The lowest BCUT2D eigenvalue weighted by Crippen LogP contribution is -2.07. The minimum Gasteiger partial charge on any atom is -0.611 e. The average Bonchev–Trinajstić information content (AvgIpc) is 3.35. The van der Waals surface area contributed by atoms with Gasteiger partial charge in [-0.25, -0.2) is 14.8 Å². The number of H-pyrrole nitrogens is 1. The Hall–Kier alpha value is -2.16. The van der Waals surface area contributed by atoms with Crippen molar-refractivity contribution < 1.29 is 9.08 Å². The molecule has 0 radical (unpaired) electrons. The first-order valence-corrected chi connectivity index (χ1v) is 8.80. The maximum atomic E-state index is 12.3. The number of hydrogen-bond donors (Lipinski definition) is 1. The van der Waals surface area contributed by atoms with Crippen molar-refractivity contribution in [1.29, 1.82) is 0 Å². The van der Waals surface area contributed by atoms with Crippen LogP contribution >= 0.6 is 11.6 Å². The number of aromatic nitrogens is 4. The van der Waals surface area contributed by atoms with E-state index >= 15 is 0 Å². The van der Waals surface area contributed by atoms with Gasteiger partial charge in [0.1, 0.15) is 17.3 Å². The molecule has 2 heterocycles. The first-order chi connectivity index (χ1) is 11.6. The SMILES string of the molecule is O=c1[nH]c(-c2cc(-c3ccc([S+]([O-])C4CC4)c(Cl)c3)ncn2)no1. The topological polar surface area (TPSA) is 108 Å². The lowest BCUT2D eigenvalue weighted by molar-refractivity contribution is 0.387. The zero-order valence-corrected chi connectivity index (χ0v) is 13.8. The fourth-order valence-electron chi connectivity index (χ4n) is 2.27. The van der Waals surface area contributed by atoms with Gasteiger partial charge in [-0.2, -0.15) is 0 Å². The Balaban J connectivity index is 1.68. The molecule has 0 amide bonds. The van der Waals surface area contributed by atoms with Crippen LogP contribution in [-0.2, 0) is 11.2 Å². The van der Waals surface area contributed by atoms with Gasteiger partial charge in [-0.05, 0) is 35.4 Å². The van der Waals surface area contributed by atoms with Crippen LogP contribution in [0.1, 0.15) is 12.8 Å². The van der Waals surface area contributed by atoms with Crippen molar-refractivity contribution in [2.24, 2.45) is 0 Å². The van der Waals surface area contributed by atoms with E-state index in [2.05, 4.69) is 24.6 Å². The smallest absolute Gasteiger partial charge is 0.439 e. The molecule has 7 nitrogen and oxygen atoms in total. The van der Waals surface area contributed by atoms with Gasteiger partial charge in [0.2, 0.25) is 5.82 Å². The van der Waals surface area contributed by atoms with E-state index in [9.17, 15) is 9.35 Å². The van der Waals surface area contributed by atoms with E-state index in [-0.39, 0.29) is 11.1 Å². The molecule has 1 unspecified atom stereocenters. The normalized spacial score (nSPS) is 15.4. The summed E-state index contributed by atoms with van der Waals surface area (Å²) in [5.41, 5.74) is 1.79. The van der Waals surface area contributed by atoms with E-state index in [1.54, 1.807) is 18.2 Å². The molecule has 3 aromatic rings. The second-order valence-corrected chi connectivity index (χ2v) is 7.48. The van der Waals surface area contributed by atoms with Gasteiger partial charge in [0.05, 0.1) is 10.7 Å². The highest BCUT2D eigenvalue weighted by molar-refractivity contribution is 7.92. The molecule has 0 spiro atoms. The largest absolute Gasteiger partial charge is 0.611 e. The summed E-state index contributed by atoms with van der Waals surface area (Å²) in [4.78, 5) is 22.4. The number of halogens is 1. The van der Waals surface area contributed by atoms with Crippen LogP contribution < -0.4 is 5.76 Å². The van der Waals surface area contributed by atoms with Crippen molar-refractivity contribution in [3.05, 3.63) is 46.2 Å². The van der Waals surface area contributed by atoms with Gasteiger partial charge in [0, 0.05) is 18.4 Å². The summed E-state index contributed by atoms with van der Waals surface area (Å²) in [5, 5.41) is 4.28. The number of hydrogen-bond acceptors (Lipinski definition) is 6. The van der Waals surface area contributed by atoms with E-state index in [4.69, 9.17) is 11.6 Å². The third-order valence-corrected chi connectivity index (χ3v) is 5.91. The summed E-state index contributed by atoms with van der Waals surface area (Å²) in [6, 6.07) is 6.98. The molecule has 1 atom stereocenters. The predicted octanol–water partition coefficient (Wildman–Crippen LogP) is 2.41. The maximum Gasteiger partial charge on any atom is 0.439 e. The number of benzene rings is 1. The van der Waals surface area contributed by atoms with Crippen LogP contribution in [0.2, 0.25) is 5.02 Å². The molecule has 2 aromatic heterocycles. The lowest BCUT2D eigenvalue weighted by atomic mass is 10.1. The Labute approximate surface area is 144 Å². The van der Waals surface area contributed by atoms with Crippen LogP contribution in [0.5, 0.6) is 0 Å². The molecule has 0 aliphatic heterocycles. The first-order valence-electron chi connectivity index (χ1n) is 7.21. The fourth-order valence-corrected chi connectivity index (χ4v) is 4.06.